The molecule has 0 atom stereocenters. The van der Waals surface area contributed by atoms with Crippen molar-refractivity contribution in [2.24, 2.45) is 11.1 Å². The van der Waals surface area contributed by atoms with Crippen LogP contribution in [0, 0.1) is 12.3 Å². The first-order valence-corrected chi connectivity index (χ1v) is 7.66. The van der Waals surface area contributed by atoms with Gasteiger partial charge in [0.2, 0.25) is 5.91 Å². The molecule has 0 bridgehead atoms. The van der Waals surface area contributed by atoms with Crippen LogP contribution in [-0.2, 0) is 11.3 Å². The van der Waals surface area contributed by atoms with Gasteiger partial charge in [0.15, 0.2) is 0 Å². The lowest BCUT2D eigenvalue weighted by atomic mass is 9.71. The van der Waals surface area contributed by atoms with Gasteiger partial charge in [-0.15, -0.1) is 0 Å². The van der Waals surface area contributed by atoms with Crippen LogP contribution in [0.3, 0.4) is 0 Å². The van der Waals surface area contributed by atoms with Gasteiger partial charge in [0.1, 0.15) is 0 Å². The van der Waals surface area contributed by atoms with Gasteiger partial charge in [0, 0.05) is 13.0 Å². The number of nitrogens with one attached hydrogen (secondary N) is 1. The predicted octanol–water partition coefficient (Wildman–Crippen LogP) is 2.91. The molecule has 20 heavy (non-hydrogen) atoms. The maximum atomic E-state index is 12.2. The molecule has 1 fully saturated rings. The van der Waals surface area contributed by atoms with Crippen LogP contribution in [0.2, 0.25) is 0 Å². The lowest BCUT2D eigenvalue weighted by Gasteiger charge is -2.35. The van der Waals surface area contributed by atoms with Gasteiger partial charge < -0.3 is 11.1 Å². The van der Waals surface area contributed by atoms with E-state index in [0.29, 0.717) is 19.5 Å². The zero-order valence-electron chi connectivity index (χ0n) is 12.5. The summed E-state index contributed by atoms with van der Waals surface area (Å²) < 4.78 is 0. The van der Waals surface area contributed by atoms with E-state index in [9.17, 15) is 4.79 Å². The van der Waals surface area contributed by atoms with E-state index in [1.807, 2.05) is 12.1 Å². The average molecular weight is 274 g/mol. The number of nitrogens with two attached hydrogens (primary N) is 1. The van der Waals surface area contributed by atoms with E-state index in [1.54, 1.807) is 0 Å². The summed E-state index contributed by atoms with van der Waals surface area (Å²) in [5.74, 6) is 0.139. The first-order valence-electron chi connectivity index (χ1n) is 7.66. The molecule has 0 radical (unpaired) electrons. The summed E-state index contributed by atoms with van der Waals surface area (Å²) in [6.45, 7) is 3.32. The minimum atomic E-state index is 0.0497. The van der Waals surface area contributed by atoms with Gasteiger partial charge in [-0.2, -0.15) is 0 Å². The monoisotopic (exact) mass is 274 g/mol. The Labute approximate surface area is 121 Å². The fourth-order valence-electron chi connectivity index (χ4n) is 3.16. The number of aryl methyl sites for hydroxylation is 1. The van der Waals surface area contributed by atoms with Crippen molar-refractivity contribution in [1.29, 1.82) is 0 Å². The van der Waals surface area contributed by atoms with Crippen LogP contribution in [0.15, 0.2) is 24.3 Å². The van der Waals surface area contributed by atoms with Crippen LogP contribution >= 0.6 is 0 Å². The highest BCUT2D eigenvalue weighted by molar-refractivity contribution is 5.76. The lowest BCUT2D eigenvalue weighted by Crippen LogP contribution is -2.38. The molecule has 1 aliphatic carbocycles. The van der Waals surface area contributed by atoms with Gasteiger partial charge in [-0.1, -0.05) is 43.5 Å². The highest BCUT2D eigenvalue weighted by atomic mass is 16.1. The van der Waals surface area contributed by atoms with Crippen molar-refractivity contribution in [2.75, 3.05) is 6.54 Å². The van der Waals surface area contributed by atoms with Gasteiger partial charge >= 0.3 is 0 Å². The molecule has 3 N–H and O–H groups in total. The molecule has 1 amide bonds. The van der Waals surface area contributed by atoms with Crippen LogP contribution in [0.5, 0.6) is 0 Å². The maximum absolute atomic E-state index is 12.2. The smallest absolute Gasteiger partial charge is 0.220 e. The summed E-state index contributed by atoms with van der Waals surface area (Å²) in [7, 11) is 0. The van der Waals surface area contributed by atoms with Crippen LogP contribution < -0.4 is 11.1 Å². The Bertz CT molecular complexity index is 450. The molecule has 0 heterocycles. The first-order chi connectivity index (χ1) is 9.65. The summed E-state index contributed by atoms with van der Waals surface area (Å²) in [5, 5.41) is 3.05. The van der Waals surface area contributed by atoms with Gasteiger partial charge in [-0.25, -0.2) is 0 Å². The lowest BCUT2D eigenvalue weighted by molar-refractivity contribution is -0.124. The van der Waals surface area contributed by atoms with E-state index >= 15 is 0 Å². The van der Waals surface area contributed by atoms with Gasteiger partial charge in [0.05, 0.1) is 0 Å². The van der Waals surface area contributed by atoms with E-state index in [1.165, 1.54) is 30.4 Å². The Hall–Kier alpha value is -1.35. The van der Waals surface area contributed by atoms with Crippen molar-refractivity contribution in [3.63, 3.8) is 0 Å². The number of rotatable bonds is 5. The number of carbonyl (C=O) groups is 1. The Morgan fingerprint density at radius 2 is 1.95 bits per heavy atom. The van der Waals surface area contributed by atoms with Crippen LogP contribution in [0.4, 0.5) is 0 Å². The number of hydrogen-bond acceptors (Lipinski definition) is 2. The summed E-state index contributed by atoms with van der Waals surface area (Å²) in [6, 6.07) is 8.17. The Balaban J connectivity index is 1.87. The second-order valence-electron chi connectivity index (χ2n) is 6.14. The second-order valence-corrected chi connectivity index (χ2v) is 6.14. The Kier molecular flexibility index (Phi) is 5.18. The van der Waals surface area contributed by atoms with E-state index in [-0.39, 0.29) is 11.3 Å². The minimum Gasteiger partial charge on any atom is -0.352 e. The molecule has 1 saturated carbocycles. The molecule has 110 valence electrons. The Morgan fingerprint density at radius 3 is 2.60 bits per heavy atom. The summed E-state index contributed by atoms with van der Waals surface area (Å²) in [6.07, 6.45) is 6.48. The van der Waals surface area contributed by atoms with E-state index in [2.05, 4.69) is 24.4 Å². The molecule has 0 unspecified atom stereocenters. The van der Waals surface area contributed by atoms with Gasteiger partial charge in [0.25, 0.3) is 0 Å². The quantitative estimate of drug-likeness (QED) is 0.867. The van der Waals surface area contributed by atoms with Crippen molar-refractivity contribution < 1.29 is 4.79 Å². The number of amides is 1. The molecule has 1 aromatic rings. The maximum Gasteiger partial charge on any atom is 0.220 e. The highest BCUT2D eigenvalue weighted by Crippen LogP contribution is 2.38. The largest absolute Gasteiger partial charge is 0.352 e. The standard InChI is InChI=1S/C17H26N2O/c1-14-7-3-4-8-15(14)12-19-16(20)11-17(13-18)9-5-2-6-10-17/h3-4,7-8H,2,5-6,9-13,18H2,1H3,(H,19,20). The van der Waals surface area contributed by atoms with Crippen molar-refractivity contribution in [3.05, 3.63) is 35.4 Å². The number of hydrogen-bond donors (Lipinski definition) is 2. The zero-order chi connectivity index (χ0) is 14.4. The topological polar surface area (TPSA) is 55.1 Å². The van der Waals surface area contributed by atoms with E-state index < -0.39 is 0 Å². The molecule has 1 aromatic carbocycles. The van der Waals surface area contributed by atoms with Crippen LogP contribution in [0.25, 0.3) is 0 Å². The zero-order valence-corrected chi connectivity index (χ0v) is 12.5. The molecule has 2 rings (SSSR count). The number of benzene rings is 1. The molecular weight excluding hydrogens is 248 g/mol. The van der Waals surface area contributed by atoms with Gasteiger partial charge in [-0.3, -0.25) is 4.79 Å². The minimum absolute atomic E-state index is 0.0497. The summed E-state index contributed by atoms with van der Waals surface area (Å²) in [5.41, 5.74) is 8.40. The third-order valence-corrected chi connectivity index (χ3v) is 4.62. The fraction of sp³-hybridized carbons (Fsp3) is 0.588. The molecule has 0 spiro atoms. The summed E-state index contributed by atoms with van der Waals surface area (Å²) >= 11 is 0. The molecule has 0 aromatic heterocycles. The van der Waals surface area contributed by atoms with Crippen LogP contribution in [-0.4, -0.2) is 12.5 Å². The van der Waals surface area contributed by atoms with Crippen molar-refractivity contribution >= 4 is 5.91 Å². The fourth-order valence-corrected chi connectivity index (χ4v) is 3.16. The molecule has 3 heteroatoms. The molecular formula is C17H26N2O. The SMILES string of the molecule is Cc1ccccc1CNC(=O)CC1(CN)CCCCC1. The van der Waals surface area contributed by atoms with E-state index in [4.69, 9.17) is 5.73 Å². The average Bonchev–Trinajstić information content (AvgIpc) is 2.47. The van der Waals surface area contributed by atoms with Crippen molar-refractivity contribution in [1.82, 2.24) is 5.32 Å². The van der Waals surface area contributed by atoms with Crippen molar-refractivity contribution in [3.8, 4) is 0 Å². The number of carbonyl (C=O) groups excluding carboxylic acids is 1. The Morgan fingerprint density at radius 1 is 1.25 bits per heavy atom. The van der Waals surface area contributed by atoms with Gasteiger partial charge in [-0.05, 0) is 42.9 Å². The third-order valence-electron chi connectivity index (χ3n) is 4.62. The predicted molar refractivity (Wildman–Crippen MR) is 82.2 cm³/mol. The van der Waals surface area contributed by atoms with Crippen molar-refractivity contribution in [2.45, 2.75) is 52.0 Å². The van der Waals surface area contributed by atoms with E-state index in [0.717, 1.165) is 12.8 Å². The molecule has 0 saturated heterocycles. The third kappa shape index (κ3) is 3.83. The highest BCUT2D eigenvalue weighted by Gasteiger charge is 2.32. The molecule has 1 aliphatic rings. The first kappa shape index (κ1) is 15.0. The van der Waals surface area contributed by atoms with Crippen LogP contribution in [0.1, 0.15) is 49.7 Å². The summed E-state index contributed by atoms with van der Waals surface area (Å²) in [4.78, 5) is 12.2. The second kappa shape index (κ2) is 6.89. The molecule has 0 aliphatic heterocycles. The normalized spacial score (nSPS) is 17.7. The molecule has 3 nitrogen and oxygen atoms in total.